The molecule has 2 N–H and O–H groups in total. The molecule has 0 bridgehead atoms. The molecule has 0 amide bonds. The van der Waals surface area contributed by atoms with Crippen molar-refractivity contribution in [2.45, 2.75) is 0 Å². The maximum atomic E-state index is 5.71. The molecular weight excluding hydrogens is 198 g/mol. The molecule has 2 aromatic rings. The number of furan rings is 1. The van der Waals surface area contributed by atoms with Crippen LogP contribution < -0.4 is 0 Å². The van der Waals surface area contributed by atoms with Crippen LogP contribution in [0.15, 0.2) is 16.7 Å². The van der Waals surface area contributed by atoms with E-state index in [1.807, 2.05) is 0 Å². The van der Waals surface area contributed by atoms with Gasteiger partial charge in [0.1, 0.15) is 0 Å². The topological polar surface area (TPSA) is 57.6 Å². The molecule has 0 aliphatic carbocycles. The molecule has 0 aliphatic rings. The smallest absolute Gasteiger partial charge is 0.213 e. The number of H-pyrrole nitrogens is 2. The minimum atomic E-state index is 0.299. The van der Waals surface area contributed by atoms with E-state index < -0.39 is 0 Å². The van der Waals surface area contributed by atoms with Crippen molar-refractivity contribution in [2.75, 3.05) is 0 Å². The normalized spacial score (nSPS) is 10.4. The lowest BCUT2D eigenvalue weighted by atomic mass is 10.3. The van der Waals surface area contributed by atoms with Gasteiger partial charge in [0.2, 0.25) is 9.99 Å². The van der Waals surface area contributed by atoms with Crippen LogP contribution in [0.5, 0.6) is 0 Å². The van der Waals surface area contributed by atoms with Gasteiger partial charge in [-0.3, -0.25) is 10.2 Å². The highest BCUT2D eigenvalue weighted by Gasteiger charge is 2.08. The Morgan fingerprint density at radius 1 is 1.50 bits per heavy atom. The van der Waals surface area contributed by atoms with Gasteiger partial charge in [-0.05, 0) is 29.9 Å². The average molecular weight is 202 g/mol. The van der Waals surface area contributed by atoms with E-state index in [1.54, 1.807) is 6.07 Å². The van der Waals surface area contributed by atoms with Crippen molar-refractivity contribution in [3.05, 3.63) is 22.3 Å². The standard InChI is InChI=1S/C6H4ClN3OS/c7-4-3(1-2-11-4)5-8-6(12)10-9-5/h1-2H,(H2,8,9,10,12). The summed E-state index contributed by atoms with van der Waals surface area (Å²) < 4.78 is 5.28. The fourth-order valence-electron chi connectivity index (χ4n) is 0.860. The number of aromatic nitrogens is 3. The summed E-state index contributed by atoms with van der Waals surface area (Å²) in [6.07, 6.45) is 1.49. The first-order valence-electron chi connectivity index (χ1n) is 3.15. The highest BCUT2D eigenvalue weighted by Crippen LogP contribution is 2.25. The average Bonchev–Trinajstić information content (AvgIpc) is 2.58. The Morgan fingerprint density at radius 2 is 2.33 bits per heavy atom. The van der Waals surface area contributed by atoms with E-state index in [4.69, 9.17) is 28.2 Å². The highest BCUT2D eigenvalue weighted by molar-refractivity contribution is 7.71. The number of halogens is 1. The van der Waals surface area contributed by atoms with Crippen molar-refractivity contribution in [3.63, 3.8) is 0 Å². The van der Waals surface area contributed by atoms with Crippen molar-refractivity contribution in [2.24, 2.45) is 0 Å². The number of rotatable bonds is 1. The highest BCUT2D eigenvalue weighted by atomic mass is 35.5. The van der Waals surface area contributed by atoms with Gasteiger partial charge in [0.25, 0.3) is 0 Å². The van der Waals surface area contributed by atoms with Gasteiger partial charge in [-0.15, -0.1) is 0 Å². The van der Waals surface area contributed by atoms with Gasteiger partial charge in [-0.1, -0.05) is 0 Å². The fraction of sp³-hybridized carbons (Fsp3) is 0. The van der Waals surface area contributed by atoms with E-state index in [-0.39, 0.29) is 0 Å². The van der Waals surface area contributed by atoms with Crippen LogP contribution in [0, 0.1) is 4.77 Å². The molecule has 0 saturated heterocycles. The molecule has 62 valence electrons. The molecule has 2 rings (SSSR count). The van der Waals surface area contributed by atoms with Crippen LogP contribution in [0.1, 0.15) is 0 Å². The summed E-state index contributed by atoms with van der Waals surface area (Å²) >= 11 is 10.5. The summed E-state index contributed by atoms with van der Waals surface area (Å²) in [5, 5.41) is 5.73. The van der Waals surface area contributed by atoms with Crippen molar-refractivity contribution in [1.82, 2.24) is 15.2 Å². The molecule has 0 radical (unpaired) electrons. The van der Waals surface area contributed by atoms with Gasteiger partial charge in [0.05, 0.1) is 11.8 Å². The molecule has 0 fully saturated rings. The summed E-state index contributed by atoms with van der Waals surface area (Å²) in [5.41, 5.74) is 0.698. The van der Waals surface area contributed by atoms with Crippen molar-refractivity contribution in [3.8, 4) is 11.4 Å². The molecule has 0 spiro atoms. The molecule has 0 unspecified atom stereocenters. The molecule has 0 aromatic carbocycles. The summed E-state index contributed by atoms with van der Waals surface area (Å²) in [6.45, 7) is 0. The second kappa shape index (κ2) is 2.76. The van der Waals surface area contributed by atoms with Crippen LogP contribution in [0.3, 0.4) is 0 Å². The molecule has 0 atom stereocenters. The minimum absolute atomic E-state index is 0.299. The van der Waals surface area contributed by atoms with E-state index in [0.717, 1.165) is 0 Å². The lowest BCUT2D eigenvalue weighted by Gasteiger charge is -1.87. The zero-order valence-electron chi connectivity index (χ0n) is 5.80. The van der Waals surface area contributed by atoms with Gasteiger partial charge >= 0.3 is 0 Å². The number of hydrogen-bond donors (Lipinski definition) is 2. The molecular formula is C6H4ClN3OS. The Kier molecular flexibility index (Phi) is 1.74. The van der Waals surface area contributed by atoms with Crippen molar-refractivity contribution < 1.29 is 4.42 Å². The van der Waals surface area contributed by atoms with Crippen LogP contribution in [0.2, 0.25) is 5.22 Å². The van der Waals surface area contributed by atoms with Crippen LogP contribution >= 0.6 is 23.8 Å². The third-order valence-electron chi connectivity index (χ3n) is 1.37. The third-order valence-corrected chi connectivity index (χ3v) is 1.86. The van der Waals surface area contributed by atoms with E-state index >= 15 is 0 Å². The Bertz CT molecular complexity index is 443. The zero-order valence-corrected chi connectivity index (χ0v) is 7.37. The summed E-state index contributed by atoms with van der Waals surface area (Å²) in [7, 11) is 0. The summed E-state index contributed by atoms with van der Waals surface area (Å²) in [6, 6.07) is 1.71. The van der Waals surface area contributed by atoms with Crippen LogP contribution in [0.25, 0.3) is 11.4 Å². The number of nitrogens with zero attached hydrogens (tertiary/aromatic N) is 1. The van der Waals surface area contributed by atoms with E-state index in [0.29, 0.717) is 21.4 Å². The quantitative estimate of drug-likeness (QED) is 0.697. The summed E-state index contributed by atoms with van der Waals surface area (Å²) in [5.74, 6) is 0.582. The molecule has 2 heterocycles. The maximum absolute atomic E-state index is 5.71. The van der Waals surface area contributed by atoms with Gasteiger partial charge in [-0.25, -0.2) is 0 Å². The lowest BCUT2D eigenvalue weighted by molar-refractivity contribution is 0.570. The Labute approximate surface area is 77.6 Å². The zero-order chi connectivity index (χ0) is 8.55. The molecule has 0 saturated carbocycles. The molecule has 2 aromatic heterocycles. The predicted octanol–water partition coefficient (Wildman–Crippen LogP) is 2.38. The molecule has 0 aliphatic heterocycles. The molecule has 12 heavy (non-hydrogen) atoms. The number of hydrogen-bond acceptors (Lipinski definition) is 3. The van der Waals surface area contributed by atoms with E-state index in [1.165, 1.54) is 6.26 Å². The SMILES string of the molecule is S=c1nc(-c2ccoc2Cl)[nH][nH]1. The van der Waals surface area contributed by atoms with Gasteiger partial charge < -0.3 is 4.42 Å². The second-order valence-corrected chi connectivity index (χ2v) is 2.85. The maximum Gasteiger partial charge on any atom is 0.213 e. The van der Waals surface area contributed by atoms with Gasteiger partial charge in [0.15, 0.2) is 5.82 Å². The van der Waals surface area contributed by atoms with Crippen molar-refractivity contribution >= 4 is 23.8 Å². The molecule has 4 nitrogen and oxygen atoms in total. The van der Waals surface area contributed by atoms with E-state index in [9.17, 15) is 0 Å². The first-order valence-corrected chi connectivity index (χ1v) is 3.94. The number of aromatic amines is 2. The monoisotopic (exact) mass is 201 g/mol. The first kappa shape index (κ1) is 7.57. The Balaban J connectivity index is 2.57. The van der Waals surface area contributed by atoms with Crippen LogP contribution in [-0.4, -0.2) is 15.2 Å². The van der Waals surface area contributed by atoms with Gasteiger partial charge in [-0.2, -0.15) is 4.98 Å². The number of nitrogens with one attached hydrogen (secondary N) is 2. The second-order valence-electron chi connectivity index (χ2n) is 2.12. The Hall–Kier alpha value is -1.07. The largest absolute Gasteiger partial charge is 0.452 e. The Morgan fingerprint density at radius 3 is 2.83 bits per heavy atom. The van der Waals surface area contributed by atoms with Crippen LogP contribution in [0.4, 0.5) is 0 Å². The fourth-order valence-corrected chi connectivity index (χ4v) is 1.21. The molecule has 6 heteroatoms. The predicted molar refractivity (Wildman–Crippen MR) is 46.5 cm³/mol. The minimum Gasteiger partial charge on any atom is -0.452 e. The third kappa shape index (κ3) is 1.17. The van der Waals surface area contributed by atoms with Crippen LogP contribution in [-0.2, 0) is 0 Å². The van der Waals surface area contributed by atoms with Gasteiger partial charge in [0, 0.05) is 0 Å². The van der Waals surface area contributed by atoms with E-state index in [2.05, 4.69) is 15.2 Å². The lowest BCUT2D eigenvalue weighted by Crippen LogP contribution is -1.76. The van der Waals surface area contributed by atoms with Crippen molar-refractivity contribution in [1.29, 1.82) is 0 Å². The first-order chi connectivity index (χ1) is 5.77. The summed E-state index contributed by atoms with van der Waals surface area (Å²) in [4.78, 5) is 3.97.